The van der Waals surface area contributed by atoms with E-state index in [4.69, 9.17) is 23.7 Å². The van der Waals surface area contributed by atoms with E-state index >= 15 is 0 Å². The molecule has 9 nitrogen and oxygen atoms in total. The van der Waals surface area contributed by atoms with Gasteiger partial charge in [-0.2, -0.15) is 0 Å². The van der Waals surface area contributed by atoms with Crippen molar-refractivity contribution in [2.75, 3.05) is 6.61 Å². The Bertz CT molecular complexity index is 1070. The van der Waals surface area contributed by atoms with Gasteiger partial charge in [-0.3, -0.25) is 9.59 Å². The van der Waals surface area contributed by atoms with Crippen LogP contribution in [0.5, 0.6) is 0 Å². The summed E-state index contributed by atoms with van der Waals surface area (Å²) >= 11 is 0. The number of esters is 4. The molecule has 0 aromatic heterocycles. The smallest absolute Gasteiger partial charge is 0.338 e. The van der Waals surface area contributed by atoms with E-state index in [0.29, 0.717) is 11.1 Å². The molecule has 1 fully saturated rings. The number of hydrogen-bond donors (Lipinski definition) is 0. The Morgan fingerprint density at radius 1 is 0.882 bits per heavy atom. The van der Waals surface area contributed by atoms with Gasteiger partial charge in [0.05, 0.1) is 11.1 Å². The van der Waals surface area contributed by atoms with Crippen LogP contribution in [0.3, 0.4) is 0 Å². The lowest BCUT2D eigenvalue weighted by Gasteiger charge is -2.33. The molecule has 2 unspecified atom stereocenters. The largest absolute Gasteiger partial charge is 0.459 e. The zero-order valence-corrected chi connectivity index (χ0v) is 19.3. The van der Waals surface area contributed by atoms with E-state index in [0.717, 1.165) is 13.8 Å². The van der Waals surface area contributed by atoms with Crippen molar-refractivity contribution >= 4 is 23.9 Å². The molecule has 0 spiro atoms. The molecule has 1 aliphatic heterocycles. The molecule has 9 heteroatoms. The van der Waals surface area contributed by atoms with Crippen LogP contribution in [0.1, 0.15) is 47.1 Å². The first-order valence-corrected chi connectivity index (χ1v) is 10.6. The predicted molar refractivity (Wildman–Crippen MR) is 118 cm³/mol. The van der Waals surface area contributed by atoms with E-state index in [1.807, 2.05) is 0 Å². The zero-order chi connectivity index (χ0) is 24.9. The van der Waals surface area contributed by atoms with Gasteiger partial charge in [0, 0.05) is 13.8 Å². The van der Waals surface area contributed by atoms with Gasteiger partial charge in [-0.15, -0.1) is 0 Å². The number of rotatable bonds is 7. The molecule has 0 saturated carbocycles. The Hall–Kier alpha value is -3.72. The van der Waals surface area contributed by atoms with Gasteiger partial charge in [0.2, 0.25) is 12.4 Å². The topological polar surface area (TPSA) is 114 Å². The number of ether oxygens (including phenoxy) is 5. The number of carbonyl (C=O) groups is 4. The van der Waals surface area contributed by atoms with Crippen LogP contribution in [0.25, 0.3) is 0 Å². The van der Waals surface area contributed by atoms with Gasteiger partial charge < -0.3 is 23.7 Å². The maximum atomic E-state index is 12.9. The summed E-state index contributed by atoms with van der Waals surface area (Å²) in [5.41, 5.74) is -0.327. The summed E-state index contributed by atoms with van der Waals surface area (Å²) in [6.07, 6.45) is -3.79. The standard InChI is InChI=1S/C25H26O9/c1-15-10-8-9-13-19(15)23(29)30-14-20-25(4,34-22(28)18-11-6-5-7-12-18)21(31-16(2)26)24(33-20)32-17(3)27/h5-13,20-21,24H,14H2,1-4H3/t20-,21?,24?,25-/m0/s1. The third kappa shape index (κ3) is 5.60. The van der Waals surface area contributed by atoms with Crippen molar-refractivity contribution in [1.82, 2.24) is 0 Å². The summed E-state index contributed by atoms with van der Waals surface area (Å²) in [6.45, 7) is 5.20. The van der Waals surface area contributed by atoms with E-state index in [1.165, 1.54) is 6.92 Å². The van der Waals surface area contributed by atoms with E-state index in [-0.39, 0.29) is 12.2 Å². The third-order valence-corrected chi connectivity index (χ3v) is 5.38. The third-order valence-electron chi connectivity index (χ3n) is 5.38. The molecule has 2 aromatic carbocycles. The van der Waals surface area contributed by atoms with Crippen molar-refractivity contribution in [3.05, 3.63) is 71.3 Å². The zero-order valence-electron chi connectivity index (χ0n) is 19.3. The minimum Gasteiger partial charge on any atom is -0.459 e. The van der Waals surface area contributed by atoms with Crippen molar-refractivity contribution in [2.45, 2.75) is 51.8 Å². The average molecular weight is 470 g/mol. The fourth-order valence-electron chi connectivity index (χ4n) is 3.62. The highest BCUT2D eigenvalue weighted by Crippen LogP contribution is 2.38. The van der Waals surface area contributed by atoms with Gasteiger partial charge in [0.25, 0.3) is 0 Å². The van der Waals surface area contributed by atoms with Crippen molar-refractivity contribution in [2.24, 2.45) is 0 Å². The lowest BCUT2D eigenvalue weighted by atomic mass is 9.94. The summed E-state index contributed by atoms with van der Waals surface area (Å²) < 4.78 is 27.5. The Kier molecular flexibility index (Phi) is 7.68. The molecule has 1 heterocycles. The van der Waals surface area contributed by atoms with Crippen molar-refractivity contribution in [1.29, 1.82) is 0 Å². The van der Waals surface area contributed by atoms with E-state index < -0.39 is 48.0 Å². The Morgan fingerprint density at radius 2 is 1.50 bits per heavy atom. The summed E-state index contributed by atoms with van der Waals surface area (Å²) in [6, 6.07) is 15.1. The molecule has 34 heavy (non-hydrogen) atoms. The van der Waals surface area contributed by atoms with Crippen LogP contribution in [0.15, 0.2) is 54.6 Å². The van der Waals surface area contributed by atoms with Gasteiger partial charge >= 0.3 is 23.9 Å². The van der Waals surface area contributed by atoms with E-state index in [9.17, 15) is 19.2 Å². The fourth-order valence-corrected chi connectivity index (χ4v) is 3.62. The van der Waals surface area contributed by atoms with Gasteiger partial charge in [-0.05, 0) is 37.6 Å². The van der Waals surface area contributed by atoms with Crippen LogP contribution in [-0.2, 0) is 33.3 Å². The Morgan fingerprint density at radius 3 is 2.12 bits per heavy atom. The summed E-state index contributed by atoms with van der Waals surface area (Å²) in [7, 11) is 0. The molecule has 0 N–H and O–H groups in total. The van der Waals surface area contributed by atoms with E-state index in [2.05, 4.69) is 0 Å². The maximum absolute atomic E-state index is 12.9. The lowest BCUT2D eigenvalue weighted by molar-refractivity contribution is -0.197. The molecule has 0 radical (unpaired) electrons. The molecule has 1 saturated heterocycles. The second-order valence-corrected chi connectivity index (χ2v) is 7.99. The van der Waals surface area contributed by atoms with Crippen molar-refractivity contribution in [3.63, 3.8) is 0 Å². The lowest BCUT2D eigenvalue weighted by Crippen LogP contribution is -2.52. The monoisotopic (exact) mass is 470 g/mol. The molecule has 4 atom stereocenters. The van der Waals surface area contributed by atoms with Crippen LogP contribution in [0.2, 0.25) is 0 Å². The normalized spacial score (nSPS) is 23.6. The van der Waals surface area contributed by atoms with Gasteiger partial charge in [0.15, 0.2) is 5.60 Å². The summed E-state index contributed by atoms with van der Waals surface area (Å²) in [5.74, 6) is -2.73. The van der Waals surface area contributed by atoms with Gasteiger partial charge in [-0.1, -0.05) is 36.4 Å². The first-order chi connectivity index (χ1) is 16.1. The van der Waals surface area contributed by atoms with Crippen LogP contribution in [0, 0.1) is 6.92 Å². The average Bonchev–Trinajstić information content (AvgIpc) is 3.02. The van der Waals surface area contributed by atoms with Crippen LogP contribution < -0.4 is 0 Å². The molecular formula is C25H26O9. The SMILES string of the molecule is CC(=O)OC1O[C@@H](COC(=O)c2ccccc2C)[C@](C)(OC(=O)c2ccccc2)C1OC(C)=O. The number of benzene rings is 2. The molecule has 0 bridgehead atoms. The highest BCUT2D eigenvalue weighted by Gasteiger charge is 2.61. The second kappa shape index (κ2) is 10.5. The van der Waals surface area contributed by atoms with E-state index in [1.54, 1.807) is 61.5 Å². The minimum atomic E-state index is -1.65. The summed E-state index contributed by atoms with van der Waals surface area (Å²) in [4.78, 5) is 49.0. The molecule has 1 aliphatic rings. The molecule has 0 aliphatic carbocycles. The fraction of sp³-hybridized carbons (Fsp3) is 0.360. The predicted octanol–water partition coefficient (Wildman–Crippen LogP) is 2.99. The highest BCUT2D eigenvalue weighted by atomic mass is 16.8. The van der Waals surface area contributed by atoms with Crippen molar-refractivity contribution in [3.8, 4) is 0 Å². The number of carbonyl (C=O) groups excluding carboxylic acids is 4. The molecule has 0 amide bonds. The molecule has 180 valence electrons. The first kappa shape index (κ1) is 24.9. The van der Waals surface area contributed by atoms with Crippen LogP contribution in [-0.4, -0.2) is 54.6 Å². The molecule has 2 aromatic rings. The number of hydrogen-bond acceptors (Lipinski definition) is 9. The highest BCUT2D eigenvalue weighted by molar-refractivity contribution is 5.91. The van der Waals surface area contributed by atoms with Crippen molar-refractivity contribution < 1.29 is 42.9 Å². The molecule has 3 rings (SSSR count). The maximum Gasteiger partial charge on any atom is 0.338 e. The number of aryl methyl sites for hydroxylation is 1. The van der Waals surface area contributed by atoms with Gasteiger partial charge in [-0.25, -0.2) is 9.59 Å². The Labute approximate surface area is 196 Å². The van der Waals surface area contributed by atoms with Crippen LogP contribution in [0.4, 0.5) is 0 Å². The summed E-state index contributed by atoms with van der Waals surface area (Å²) in [5, 5.41) is 0. The second-order valence-electron chi connectivity index (χ2n) is 7.99. The molecular weight excluding hydrogens is 444 g/mol. The first-order valence-electron chi connectivity index (χ1n) is 10.6. The quantitative estimate of drug-likeness (QED) is 0.445. The van der Waals surface area contributed by atoms with Crippen LogP contribution >= 0.6 is 0 Å². The minimum absolute atomic E-state index is 0.247. The Balaban J connectivity index is 1.89. The van der Waals surface area contributed by atoms with Gasteiger partial charge in [0.1, 0.15) is 12.7 Å².